The van der Waals surface area contributed by atoms with E-state index in [1.165, 1.54) is 0 Å². The number of hydrogen-bond acceptors (Lipinski definition) is 4. The third-order valence-corrected chi connectivity index (χ3v) is 2.74. The lowest BCUT2D eigenvalue weighted by molar-refractivity contribution is 0.382. The highest BCUT2D eigenvalue weighted by Crippen LogP contribution is 2.27. The number of aromatic nitrogens is 4. The quantitative estimate of drug-likeness (QED) is 0.687. The van der Waals surface area contributed by atoms with E-state index in [1.807, 2.05) is 37.5 Å². The minimum Gasteiger partial charge on any atom is -0.467 e. The van der Waals surface area contributed by atoms with Crippen LogP contribution in [0.3, 0.4) is 0 Å². The predicted octanol–water partition coefficient (Wildman–Crippen LogP) is 2.04. The highest BCUT2D eigenvalue weighted by Gasteiger charge is 2.10. The van der Waals surface area contributed by atoms with Gasteiger partial charge < -0.3 is 4.74 Å². The summed E-state index contributed by atoms with van der Waals surface area (Å²) in [5.41, 5.74) is 2.66. The zero-order chi connectivity index (χ0) is 12.5. The van der Waals surface area contributed by atoms with Gasteiger partial charge in [0.15, 0.2) is 0 Å². The molecule has 0 saturated heterocycles. The molecule has 0 aliphatic heterocycles. The van der Waals surface area contributed by atoms with Crippen molar-refractivity contribution in [3.05, 3.63) is 36.7 Å². The van der Waals surface area contributed by atoms with Gasteiger partial charge >= 0.3 is 6.01 Å². The lowest BCUT2D eigenvalue weighted by atomic mass is 10.1. The van der Waals surface area contributed by atoms with E-state index in [0.29, 0.717) is 6.01 Å². The van der Waals surface area contributed by atoms with E-state index in [-0.39, 0.29) is 0 Å². The molecule has 0 bridgehead atoms. The summed E-state index contributed by atoms with van der Waals surface area (Å²) < 4.78 is 6.89. The van der Waals surface area contributed by atoms with Crippen LogP contribution in [0.2, 0.25) is 0 Å². The van der Waals surface area contributed by atoms with Crippen molar-refractivity contribution >= 4 is 10.9 Å². The van der Waals surface area contributed by atoms with Gasteiger partial charge in [0.05, 0.1) is 24.5 Å². The van der Waals surface area contributed by atoms with Crippen LogP contribution >= 0.6 is 0 Å². The van der Waals surface area contributed by atoms with Gasteiger partial charge in [0.2, 0.25) is 0 Å². The van der Waals surface area contributed by atoms with Crippen molar-refractivity contribution in [2.45, 2.75) is 0 Å². The van der Waals surface area contributed by atoms with Crippen LogP contribution in [0.1, 0.15) is 0 Å². The molecule has 18 heavy (non-hydrogen) atoms. The monoisotopic (exact) mass is 240 g/mol. The Bertz CT molecular complexity index is 705. The molecule has 0 atom stereocenters. The van der Waals surface area contributed by atoms with Crippen molar-refractivity contribution in [2.75, 3.05) is 7.11 Å². The molecule has 5 nitrogen and oxygen atoms in total. The van der Waals surface area contributed by atoms with Crippen LogP contribution in [0.5, 0.6) is 6.01 Å². The lowest BCUT2D eigenvalue weighted by Gasteiger charge is -2.05. The summed E-state index contributed by atoms with van der Waals surface area (Å²) >= 11 is 0. The molecule has 2 aromatic heterocycles. The first-order chi connectivity index (χ1) is 8.78. The van der Waals surface area contributed by atoms with Gasteiger partial charge in [-0.1, -0.05) is 18.2 Å². The molecule has 0 N–H and O–H groups in total. The van der Waals surface area contributed by atoms with Gasteiger partial charge in [0, 0.05) is 24.2 Å². The van der Waals surface area contributed by atoms with E-state index in [4.69, 9.17) is 4.74 Å². The molecule has 0 aliphatic rings. The van der Waals surface area contributed by atoms with Crippen molar-refractivity contribution < 1.29 is 4.74 Å². The zero-order valence-corrected chi connectivity index (χ0v) is 10.2. The second-order valence-electron chi connectivity index (χ2n) is 3.98. The van der Waals surface area contributed by atoms with E-state index < -0.39 is 0 Å². The molecule has 90 valence electrons. The molecule has 0 saturated carbocycles. The summed E-state index contributed by atoms with van der Waals surface area (Å²) in [6.45, 7) is 0. The molecule has 0 radical (unpaired) electrons. The summed E-state index contributed by atoms with van der Waals surface area (Å²) in [5.74, 6) is 0. The zero-order valence-electron chi connectivity index (χ0n) is 10.2. The topological polar surface area (TPSA) is 52.8 Å². The highest BCUT2D eigenvalue weighted by molar-refractivity contribution is 5.92. The second-order valence-corrected chi connectivity index (χ2v) is 3.98. The van der Waals surface area contributed by atoms with Crippen molar-refractivity contribution in [3.63, 3.8) is 0 Å². The minimum atomic E-state index is 0.368. The smallest absolute Gasteiger partial charge is 0.317 e. The number of nitrogens with zero attached hydrogens (tertiary/aromatic N) is 4. The first kappa shape index (κ1) is 10.7. The number of ether oxygens (including phenoxy) is 1. The lowest BCUT2D eigenvalue weighted by Crippen LogP contribution is -1.95. The number of benzene rings is 1. The van der Waals surface area contributed by atoms with Crippen molar-refractivity contribution in [3.8, 4) is 17.3 Å². The number of hydrogen-bond donors (Lipinski definition) is 0. The van der Waals surface area contributed by atoms with Gasteiger partial charge in [-0.2, -0.15) is 15.1 Å². The van der Waals surface area contributed by atoms with Gasteiger partial charge in [-0.15, -0.1) is 0 Å². The van der Waals surface area contributed by atoms with Crippen LogP contribution < -0.4 is 4.74 Å². The molecule has 0 unspecified atom stereocenters. The number of aryl methyl sites for hydroxylation is 1. The Hall–Kier alpha value is -2.43. The average Bonchev–Trinajstić information content (AvgIpc) is 2.84. The molecule has 0 fully saturated rings. The average molecular weight is 240 g/mol. The van der Waals surface area contributed by atoms with Gasteiger partial charge in [-0.25, -0.2) is 0 Å². The minimum absolute atomic E-state index is 0.368. The Labute approximate surface area is 104 Å². The van der Waals surface area contributed by atoms with E-state index in [2.05, 4.69) is 15.1 Å². The molecule has 3 rings (SSSR count). The van der Waals surface area contributed by atoms with Crippen LogP contribution in [0, 0.1) is 0 Å². The summed E-state index contributed by atoms with van der Waals surface area (Å²) in [7, 11) is 3.45. The summed E-state index contributed by atoms with van der Waals surface area (Å²) in [6, 6.07) is 8.23. The maximum Gasteiger partial charge on any atom is 0.317 e. The number of rotatable bonds is 2. The molecule has 0 spiro atoms. The Morgan fingerprint density at radius 2 is 2.00 bits per heavy atom. The molecule has 3 aromatic rings. The first-order valence-electron chi connectivity index (χ1n) is 5.58. The van der Waals surface area contributed by atoms with Gasteiger partial charge in [0.1, 0.15) is 0 Å². The summed E-state index contributed by atoms with van der Waals surface area (Å²) in [4.78, 5) is 8.74. The normalized spacial score (nSPS) is 10.8. The molecular weight excluding hydrogens is 228 g/mol. The second kappa shape index (κ2) is 4.10. The van der Waals surface area contributed by atoms with Crippen LogP contribution in [-0.2, 0) is 7.05 Å². The third-order valence-electron chi connectivity index (χ3n) is 2.74. The van der Waals surface area contributed by atoms with Crippen LogP contribution in [0.25, 0.3) is 22.2 Å². The summed E-state index contributed by atoms with van der Waals surface area (Å²) in [6.07, 6.45) is 3.71. The van der Waals surface area contributed by atoms with Crippen LogP contribution in [0.4, 0.5) is 0 Å². The maximum atomic E-state index is 5.14. The number of methoxy groups -OCH3 is 1. The third kappa shape index (κ3) is 1.69. The Morgan fingerprint density at radius 3 is 2.72 bits per heavy atom. The molecule has 1 aromatic carbocycles. The Balaban J connectivity index is 2.32. The Morgan fingerprint density at radius 1 is 1.17 bits per heavy atom. The fourth-order valence-corrected chi connectivity index (χ4v) is 1.91. The number of para-hydroxylation sites is 1. The highest BCUT2D eigenvalue weighted by atomic mass is 16.5. The van der Waals surface area contributed by atoms with E-state index >= 15 is 0 Å². The molecule has 0 aliphatic carbocycles. The predicted molar refractivity (Wildman–Crippen MR) is 68.3 cm³/mol. The SMILES string of the molecule is COc1nc(-c2cnn(C)c2)c2ccccc2n1. The van der Waals surface area contributed by atoms with Crippen molar-refractivity contribution in [2.24, 2.45) is 7.05 Å². The summed E-state index contributed by atoms with van der Waals surface area (Å²) in [5, 5.41) is 5.16. The van der Waals surface area contributed by atoms with E-state index in [0.717, 1.165) is 22.2 Å². The molecule has 5 heteroatoms. The van der Waals surface area contributed by atoms with Crippen molar-refractivity contribution in [1.82, 2.24) is 19.7 Å². The maximum absolute atomic E-state index is 5.14. The standard InChI is InChI=1S/C13H12N4O/c1-17-8-9(7-14-17)12-10-5-3-4-6-11(10)15-13(16-12)18-2/h3-8H,1-2H3. The molecular formula is C13H12N4O. The van der Waals surface area contributed by atoms with Crippen LogP contribution in [0.15, 0.2) is 36.7 Å². The van der Waals surface area contributed by atoms with Gasteiger partial charge in [0.25, 0.3) is 0 Å². The van der Waals surface area contributed by atoms with Crippen molar-refractivity contribution in [1.29, 1.82) is 0 Å². The van der Waals surface area contributed by atoms with Crippen LogP contribution in [-0.4, -0.2) is 26.9 Å². The first-order valence-corrected chi connectivity index (χ1v) is 5.58. The fourth-order valence-electron chi connectivity index (χ4n) is 1.91. The van der Waals surface area contributed by atoms with E-state index in [1.54, 1.807) is 18.0 Å². The fraction of sp³-hybridized carbons (Fsp3) is 0.154. The molecule has 2 heterocycles. The van der Waals surface area contributed by atoms with Gasteiger partial charge in [-0.05, 0) is 6.07 Å². The van der Waals surface area contributed by atoms with Gasteiger partial charge in [-0.3, -0.25) is 4.68 Å². The molecule has 0 amide bonds. The largest absolute Gasteiger partial charge is 0.467 e. The van der Waals surface area contributed by atoms with E-state index in [9.17, 15) is 0 Å². The Kier molecular flexibility index (Phi) is 2.44. The number of fused-ring (bicyclic) bond motifs is 1.